The van der Waals surface area contributed by atoms with Crippen molar-refractivity contribution in [2.45, 2.75) is 58.3 Å². The summed E-state index contributed by atoms with van der Waals surface area (Å²) in [6.45, 7) is 6.39. The van der Waals surface area contributed by atoms with Crippen molar-refractivity contribution in [3.63, 3.8) is 0 Å². The molecular formula is C17H22N2OS2. The second-order valence-corrected chi connectivity index (χ2v) is 8.86. The first-order chi connectivity index (χ1) is 10.4. The number of carbonyl (C=O) groups is 1. The van der Waals surface area contributed by atoms with Gasteiger partial charge in [-0.25, -0.2) is 4.98 Å². The number of carbonyl (C=O) groups excluding carboxylic acids is 1. The Morgan fingerprint density at radius 3 is 2.73 bits per heavy atom. The van der Waals surface area contributed by atoms with Crippen LogP contribution in [-0.2, 0) is 18.3 Å². The van der Waals surface area contributed by atoms with Crippen LogP contribution in [0.15, 0.2) is 11.4 Å². The highest BCUT2D eigenvalue weighted by molar-refractivity contribution is 7.15. The molecule has 0 bridgehead atoms. The van der Waals surface area contributed by atoms with Gasteiger partial charge in [0.05, 0.1) is 10.6 Å². The number of nitrogens with one attached hydrogen (secondary N) is 1. The van der Waals surface area contributed by atoms with Gasteiger partial charge in [-0.3, -0.25) is 10.1 Å². The van der Waals surface area contributed by atoms with E-state index in [0.717, 1.165) is 23.4 Å². The Kier molecular flexibility index (Phi) is 4.37. The van der Waals surface area contributed by atoms with E-state index in [4.69, 9.17) is 0 Å². The third kappa shape index (κ3) is 3.41. The molecule has 3 rings (SSSR count). The maximum Gasteiger partial charge on any atom is 0.267 e. The smallest absolute Gasteiger partial charge is 0.267 e. The second kappa shape index (κ2) is 6.13. The SMILES string of the molecule is CC(C)(C)c1csc(NC(=O)c2cc3c(s2)CCCCC3)n1. The molecule has 0 fully saturated rings. The van der Waals surface area contributed by atoms with Crippen LogP contribution < -0.4 is 5.32 Å². The fourth-order valence-corrected chi connectivity index (χ4v) is 4.69. The lowest BCUT2D eigenvalue weighted by Gasteiger charge is -2.14. The van der Waals surface area contributed by atoms with E-state index in [0.29, 0.717) is 5.13 Å². The third-order valence-corrected chi connectivity index (χ3v) is 5.96. The van der Waals surface area contributed by atoms with Crippen LogP contribution in [0.3, 0.4) is 0 Å². The molecule has 0 aromatic carbocycles. The van der Waals surface area contributed by atoms with Crippen LogP contribution in [0.25, 0.3) is 0 Å². The Morgan fingerprint density at radius 1 is 1.23 bits per heavy atom. The zero-order valence-electron chi connectivity index (χ0n) is 13.4. The lowest BCUT2D eigenvalue weighted by atomic mass is 9.93. The van der Waals surface area contributed by atoms with Gasteiger partial charge in [0.1, 0.15) is 0 Å². The molecule has 0 saturated heterocycles. The molecule has 0 unspecified atom stereocenters. The van der Waals surface area contributed by atoms with Crippen LogP contribution in [0.5, 0.6) is 0 Å². The summed E-state index contributed by atoms with van der Waals surface area (Å²) in [5.41, 5.74) is 2.41. The average molecular weight is 335 g/mol. The highest BCUT2D eigenvalue weighted by Gasteiger charge is 2.20. The van der Waals surface area contributed by atoms with Gasteiger partial charge in [-0.15, -0.1) is 22.7 Å². The Morgan fingerprint density at radius 2 is 2.00 bits per heavy atom. The topological polar surface area (TPSA) is 42.0 Å². The molecule has 0 saturated carbocycles. The van der Waals surface area contributed by atoms with Crippen molar-refractivity contribution < 1.29 is 4.79 Å². The van der Waals surface area contributed by atoms with Gasteiger partial charge in [0.25, 0.3) is 5.91 Å². The van der Waals surface area contributed by atoms with Crippen molar-refractivity contribution >= 4 is 33.7 Å². The lowest BCUT2D eigenvalue weighted by Crippen LogP contribution is -2.13. The van der Waals surface area contributed by atoms with Crippen molar-refractivity contribution in [2.75, 3.05) is 5.32 Å². The molecule has 2 heterocycles. The lowest BCUT2D eigenvalue weighted by molar-refractivity contribution is 0.103. The fourth-order valence-electron chi connectivity index (χ4n) is 2.61. The minimum atomic E-state index is -0.0205. The van der Waals surface area contributed by atoms with E-state index in [1.807, 2.05) is 5.38 Å². The van der Waals surface area contributed by atoms with Gasteiger partial charge in [-0.1, -0.05) is 27.2 Å². The van der Waals surface area contributed by atoms with E-state index < -0.39 is 0 Å². The van der Waals surface area contributed by atoms with Crippen molar-refractivity contribution in [1.82, 2.24) is 4.98 Å². The molecule has 0 atom stereocenters. The first-order valence-corrected chi connectivity index (χ1v) is 9.52. The molecule has 1 aliphatic carbocycles. The predicted molar refractivity (Wildman–Crippen MR) is 94.3 cm³/mol. The van der Waals surface area contributed by atoms with Crippen LogP contribution in [0.2, 0.25) is 0 Å². The molecule has 2 aromatic heterocycles. The number of amides is 1. The number of thiazole rings is 1. The van der Waals surface area contributed by atoms with E-state index in [-0.39, 0.29) is 11.3 Å². The first kappa shape index (κ1) is 15.7. The number of fused-ring (bicyclic) bond motifs is 1. The number of thiophene rings is 1. The molecule has 0 spiro atoms. The molecule has 0 radical (unpaired) electrons. The summed E-state index contributed by atoms with van der Waals surface area (Å²) in [5.74, 6) is -0.0205. The zero-order chi connectivity index (χ0) is 15.7. The van der Waals surface area contributed by atoms with Crippen LogP contribution >= 0.6 is 22.7 Å². The van der Waals surface area contributed by atoms with E-state index in [1.54, 1.807) is 11.3 Å². The number of hydrogen-bond acceptors (Lipinski definition) is 4. The van der Waals surface area contributed by atoms with Gasteiger partial charge in [-0.05, 0) is 37.3 Å². The summed E-state index contributed by atoms with van der Waals surface area (Å²) in [6.07, 6.45) is 6.03. The highest BCUT2D eigenvalue weighted by Crippen LogP contribution is 2.30. The monoisotopic (exact) mass is 334 g/mol. The standard InChI is InChI=1S/C17H22N2OS2/c1-17(2,3)14-10-21-16(18-14)19-15(20)13-9-11-7-5-4-6-8-12(11)22-13/h9-10H,4-8H2,1-3H3,(H,18,19,20). The Balaban J connectivity index is 1.73. The minimum absolute atomic E-state index is 0.0136. The first-order valence-electron chi connectivity index (χ1n) is 7.82. The number of rotatable bonds is 2. The van der Waals surface area contributed by atoms with E-state index >= 15 is 0 Å². The molecule has 2 aromatic rings. The van der Waals surface area contributed by atoms with Gasteiger partial charge in [0, 0.05) is 15.7 Å². The quantitative estimate of drug-likeness (QED) is 0.783. The molecule has 3 nitrogen and oxygen atoms in total. The van der Waals surface area contributed by atoms with E-state index in [2.05, 4.69) is 37.1 Å². The molecule has 118 valence electrons. The van der Waals surface area contributed by atoms with Crippen LogP contribution in [0.1, 0.15) is 65.8 Å². The van der Waals surface area contributed by atoms with E-state index in [1.165, 1.54) is 41.0 Å². The van der Waals surface area contributed by atoms with Crippen molar-refractivity contribution in [1.29, 1.82) is 0 Å². The Labute approximate surface area is 139 Å². The Hall–Kier alpha value is -1.20. The predicted octanol–water partition coefficient (Wildman–Crippen LogP) is 5.02. The largest absolute Gasteiger partial charge is 0.297 e. The molecule has 1 N–H and O–H groups in total. The maximum absolute atomic E-state index is 12.4. The molecule has 0 aliphatic heterocycles. The molecule has 5 heteroatoms. The summed E-state index contributed by atoms with van der Waals surface area (Å²) < 4.78 is 0. The minimum Gasteiger partial charge on any atom is -0.297 e. The van der Waals surface area contributed by atoms with Gasteiger partial charge in [0.2, 0.25) is 0 Å². The number of hydrogen-bond donors (Lipinski definition) is 1. The zero-order valence-corrected chi connectivity index (χ0v) is 15.0. The highest BCUT2D eigenvalue weighted by atomic mass is 32.1. The summed E-state index contributed by atoms with van der Waals surface area (Å²) in [4.78, 5) is 19.2. The van der Waals surface area contributed by atoms with Crippen molar-refractivity contribution in [3.8, 4) is 0 Å². The number of aryl methyl sites for hydroxylation is 2. The maximum atomic E-state index is 12.4. The second-order valence-electron chi connectivity index (χ2n) is 6.86. The molecule has 1 aliphatic rings. The Bertz CT molecular complexity index is 656. The molecule has 1 amide bonds. The molecular weight excluding hydrogens is 312 g/mol. The number of nitrogens with zero attached hydrogens (tertiary/aromatic N) is 1. The summed E-state index contributed by atoms with van der Waals surface area (Å²) >= 11 is 3.15. The van der Waals surface area contributed by atoms with Gasteiger partial charge >= 0.3 is 0 Å². The fraction of sp³-hybridized carbons (Fsp3) is 0.529. The average Bonchev–Trinajstić information content (AvgIpc) is 3.01. The number of aromatic nitrogens is 1. The summed E-state index contributed by atoms with van der Waals surface area (Å²) in [6, 6.07) is 2.08. The summed E-state index contributed by atoms with van der Waals surface area (Å²) in [5, 5.41) is 5.67. The van der Waals surface area contributed by atoms with E-state index in [9.17, 15) is 4.79 Å². The van der Waals surface area contributed by atoms with Gasteiger partial charge < -0.3 is 0 Å². The normalized spacial score (nSPS) is 15.2. The third-order valence-electron chi connectivity index (χ3n) is 3.96. The van der Waals surface area contributed by atoms with Gasteiger partial charge in [0.15, 0.2) is 5.13 Å². The molecule has 22 heavy (non-hydrogen) atoms. The van der Waals surface area contributed by atoms with Crippen molar-refractivity contribution in [2.24, 2.45) is 0 Å². The van der Waals surface area contributed by atoms with Crippen molar-refractivity contribution in [3.05, 3.63) is 32.5 Å². The van der Waals surface area contributed by atoms with Crippen LogP contribution in [-0.4, -0.2) is 10.9 Å². The summed E-state index contributed by atoms with van der Waals surface area (Å²) in [7, 11) is 0. The van der Waals surface area contributed by atoms with Crippen LogP contribution in [0, 0.1) is 0 Å². The van der Waals surface area contributed by atoms with Crippen LogP contribution in [0.4, 0.5) is 5.13 Å². The number of anilines is 1. The van der Waals surface area contributed by atoms with Gasteiger partial charge in [-0.2, -0.15) is 0 Å².